The van der Waals surface area contributed by atoms with Gasteiger partial charge in [-0.05, 0) is 10.5 Å². The normalized spacial score (nSPS) is 12.3. The minimum atomic E-state index is -5.61. The van der Waals surface area contributed by atoms with E-state index in [1.807, 2.05) is 0 Å². The first-order chi connectivity index (χ1) is 19.4. The summed E-state index contributed by atoms with van der Waals surface area (Å²) < 4.78 is 137. The summed E-state index contributed by atoms with van der Waals surface area (Å²) >= 11 is 0. The third kappa shape index (κ3) is 6.75. The van der Waals surface area contributed by atoms with Gasteiger partial charge >= 0.3 is 18.3 Å². The Morgan fingerprint density at radius 1 is 0.952 bits per heavy atom. The Bertz CT molecular complexity index is 1600. The van der Waals surface area contributed by atoms with Gasteiger partial charge in [-0.25, -0.2) is 27.6 Å². The number of carbonyl (C=O) groups is 1. The van der Waals surface area contributed by atoms with Gasteiger partial charge in [0, 0.05) is 19.2 Å². The van der Waals surface area contributed by atoms with E-state index in [4.69, 9.17) is 14.2 Å². The quantitative estimate of drug-likeness (QED) is 0.255. The number of methoxy groups -OCH3 is 3. The Morgan fingerprint density at radius 3 is 2.14 bits per heavy atom. The monoisotopic (exact) mass is 632 g/mol. The van der Waals surface area contributed by atoms with Crippen molar-refractivity contribution >= 4 is 38.4 Å². The fourth-order valence-electron chi connectivity index (χ4n) is 3.38. The lowest BCUT2D eigenvalue weighted by Gasteiger charge is -2.20. The number of halogens is 7. The Kier molecular flexibility index (Phi) is 9.10. The molecule has 0 spiro atoms. The van der Waals surface area contributed by atoms with Crippen molar-refractivity contribution in [2.75, 3.05) is 40.3 Å². The molecule has 3 aromatic rings. The van der Waals surface area contributed by atoms with Gasteiger partial charge in [0.2, 0.25) is 5.75 Å². The molecular weight excluding hydrogens is 613 g/mol. The molecule has 20 heteroatoms. The lowest BCUT2D eigenvalue weighted by molar-refractivity contribution is -0.219. The predicted octanol–water partition coefficient (Wildman–Crippen LogP) is 4.12. The maximum absolute atomic E-state index is 14.9. The molecule has 0 bridgehead atoms. The topological polar surface area (TPSA) is 138 Å². The Balaban J connectivity index is 2.22. The van der Waals surface area contributed by atoms with Gasteiger partial charge in [-0.3, -0.25) is 0 Å². The van der Waals surface area contributed by atoms with Crippen molar-refractivity contribution in [3.05, 3.63) is 30.3 Å². The van der Waals surface area contributed by atoms with Crippen LogP contribution in [0.5, 0.6) is 23.0 Å². The number of fused-ring (bicyclic) bond motifs is 1. The van der Waals surface area contributed by atoms with Gasteiger partial charge < -0.3 is 29.1 Å². The van der Waals surface area contributed by atoms with Crippen LogP contribution in [0.15, 0.2) is 29.4 Å². The van der Waals surface area contributed by atoms with Crippen LogP contribution < -0.4 is 24.3 Å². The average molecular weight is 632 g/mol. The number of hydrogen-bond donors (Lipinski definition) is 1. The molecule has 1 heterocycles. The van der Waals surface area contributed by atoms with Crippen LogP contribution >= 0.6 is 0 Å². The molecule has 0 saturated carbocycles. The number of hydrogen-bond acceptors (Lipinski definition) is 11. The van der Waals surface area contributed by atoms with Gasteiger partial charge in [-0.2, -0.15) is 26.3 Å². The summed E-state index contributed by atoms with van der Waals surface area (Å²) in [4.78, 5) is 21.5. The Labute approximate surface area is 231 Å². The maximum Gasteiger partial charge on any atom is 0.492 e. The van der Waals surface area contributed by atoms with Crippen LogP contribution in [0.3, 0.4) is 0 Å². The van der Waals surface area contributed by atoms with Crippen LogP contribution in [0, 0.1) is 5.82 Å². The molecule has 0 amide bonds. The summed E-state index contributed by atoms with van der Waals surface area (Å²) in [6, 6.07) is 2.01. The van der Waals surface area contributed by atoms with E-state index in [-0.39, 0.29) is 40.0 Å². The predicted molar refractivity (Wildman–Crippen MR) is 128 cm³/mol. The van der Waals surface area contributed by atoms with Crippen LogP contribution in [0.2, 0.25) is 0 Å². The van der Waals surface area contributed by atoms with Gasteiger partial charge in [-0.15, -0.1) is 0 Å². The van der Waals surface area contributed by atoms with Gasteiger partial charge in [-0.1, -0.05) is 0 Å². The molecule has 0 aliphatic rings. The molecule has 0 atom stereocenters. The second-order valence-corrected chi connectivity index (χ2v) is 9.76. The molecular formula is C22H19F7N4O8S. The van der Waals surface area contributed by atoms with Crippen molar-refractivity contribution in [2.45, 2.75) is 17.2 Å². The number of nitrogens with zero attached hydrogens (tertiary/aromatic N) is 3. The minimum Gasteiger partial charge on any atom is -0.493 e. The number of anilines is 2. The highest BCUT2D eigenvalue weighted by atomic mass is 32.2. The number of sulfonamides is 1. The number of rotatable bonds is 10. The van der Waals surface area contributed by atoms with Crippen molar-refractivity contribution in [2.24, 2.45) is 0 Å². The molecule has 1 aromatic heterocycles. The summed E-state index contributed by atoms with van der Waals surface area (Å²) in [5.74, 6) is -5.68. The molecule has 2 aromatic carbocycles. The standard InChI is InChI=1S/C22H19F7N4O8S/c1-33(41-20(34)22(27,28)29)42(35,36)15-7-11(13(5-10(15)23)40-8-21(24,25)26)32-19-16-12(30-9-31-19)6-14(37-2)17(38-3)18(16)39-4/h5-7,9H,8H2,1-4H3,(H,30,31,32). The summed E-state index contributed by atoms with van der Waals surface area (Å²) in [5, 5.41) is 2.53. The second kappa shape index (κ2) is 11.9. The third-order valence-electron chi connectivity index (χ3n) is 5.17. The first-order valence-corrected chi connectivity index (χ1v) is 12.4. The Morgan fingerprint density at radius 2 is 1.60 bits per heavy atom. The minimum absolute atomic E-state index is 0.0318. The highest BCUT2D eigenvalue weighted by Crippen LogP contribution is 2.46. The number of nitrogens with one attached hydrogen (secondary N) is 1. The molecule has 1 N–H and O–H groups in total. The maximum atomic E-state index is 14.9. The van der Waals surface area contributed by atoms with Crippen LogP contribution in [0.4, 0.5) is 42.2 Å². The first-order valence-electron chi connectivity index (χ1n) is 11.0. The van der Waals surface area contributed by atoms with E-state index in [0.717, 1.165) is 6.33 Å². The second-order valence-electron chi connectivity index (χ2n) is 7.86. The van der Waals surface area contributed by atoms with Gasteiger partial charge in [0.25, 0.3) is 10.0 Å². The number of aromatic nitrogens is 2. The molecule has 12 nitrogen and oxygen atoms in total. The van der Waals surface area contributed by atoms with E-state index < -0.39 is 61.6 Å². The van der Waals surface area contributed by atoms with Crippen molar-refractivity contribution < 1.29 is 67.7 Å². The summed E-state index contributed by atoms with van der Waals surface area (Å²) in [6.45, 7) is -1.95. The molecule has 0 radical (unpaired) electrons. The Hall–Kier alpha value is -4.33. The average Bonchev–Trinajstić information content (AvgIpc) is 2.90. The first kappa shape index (κ1) is 32.2. The molecule has 42 heavy (non-hydrogen) atoms. The van der Waals surface area contributed by atoms with E-state index in [2.05, 4.69) is 24.9 Å². The number of hydroxylamine groups is 1. The van der Waals surface area contributed by atoms with Crippen LogP contribution in [0.1, 0.15) is 0 Å². The molecule has 0 aliphatic carbocycles. The third-order valence-corrected chi connectivity index (χ3v) is 6.79. The highest BCUT2D eigenvalue weighted by molar-refractivity contribution is 7.89. The molecule has 0 unspecified atom stereocenters. The molecule has 0 fully saturated rings. The zero-order valence-electron chi connectivity index (χ0n) is 21.7. The summed E-state index contributed by atoms with van der Waals surface area (Å²) in [6.07, 6.45) is -9.53. The van der Waals surface area contributed by atoms with E-state index in [0.29, 0.717) is 13.1 Å². The van der Waals surface area contributed by atoms with E-state index in [9.17, 15) is 43.9 Å². The number of benzene rings is 2. The van der Waals surface area contributed by atoms with Gasteiger partial charge in [0.1, 0.15) is 28.6 Å². The SMILES string of the molecule is COc1cc2ncnc(Nc3cc(S(=O)(=O)N(C)OC(=O)C(F)(F)F)c(F)cc3OCC(F)(F)F)c2c(OC)c1OC. The smallest absolute Gasteiger partial charge is 0.492 e. The highest BCUT2D eigenvalue weighted by Gasteiger charge is 2.44. The number of ether oxygens (including phenoxy) is 4. The van der Waals surface area contributed by atoms with Gasteiger partial charge in [0.05, 0.1) is 37.9 Å². The van der Waals surface area contributed by atoms with Crippen molar-refractivity contribution in [3.63, 3.8) is 0 Å². The van der Waals surface area contributed by atoms with E-state index in [1.54, 1.807) is 0 Å². The summed E-state index contributed by atoms with van der Waals surface area (Å²) in [5.41, 5.74) is -0.528. The summed E-state index contributed by atoms with van der Waals surface area (Å²) in [7, 11) is -1.19. The fraction of sp³-hybridized carbons (Fsp3) is 0.318. The molecule has 0 saturated heterocycles. The van der Waals surface area contributed by atoms with Crippen LogP contribution in [-0.4, -0.2) is 76.2 Å². The molecule has 0 aliphatic heterocycles. The number of alkyl halides is 6. The van der Waals surface area contributed by atoms with Crippen molar-refractivity contribution in [1.29, 1.82) is 0 Å². The zero-order valence-corrected chi connectivity index (χ0v) is 22.5. The molecule has 230 valence electrons. The molecule has 3 rings (SSSR count). The number of carbonyl (C=O) groups excluding carboxylic acids is 1. The van der Waals surface area contributed by atoms with E-state index >= 15 is 0 Å². The van der Waals surface area contributed by atoms with E-state index in [1.165, 1.54) is 27.4 Å². The van der Waals surface area contributed by atoms with Crippen molar-refractivity contribution in [1.82, 2.24) is 14.4 Å². The van der Waals surface area contributed by atoms with Gasteiger partial charge in [0.15, 0.2) is 18.1 Å². The fourth-order valence-corrected chi connectivity index (χ4v) is 4.39. The van der Waals surface area contributed by atoms with Crippen LogP contribution in [-0.2, 0) is 19.7 Å². The lowest BCUT2D eigenvalue weighted by Crippen LogP contribution is -2.36. The van der Waals surface area contributed by atoms with Crippen LogP contribution in [0.25, 0.3) is 10.9 Å². The largest absolute Gasteiger partial charge is 0.493 e. The zero-order chi connectivity index (χ0) is 31.6. The lowest BCUT2D eigenvalue weighted by atomic mass is 10.1. The van der Waals surface area contributed by atoms with Crippen molar-refractivity contribution in [3.8, 4) is 23.0 Å².